The van der Waals surface area contributed by atoms with Gasteiger partial charge in [0.05, 0.1) is 23.5 Å². The number of likely N-dealkylation sites (tertiary alicyclic amines) is 1. The Morgan fingerprint density at radius 1 is 0.977 bits per heavy atom. The van der Waals surface area contributed by atoms with Crippen molar-refractivity contribution in [2.45, 2.75) is 55.4 Å². The summed E-state index contributed by atoms with van der Waals surface area (Å²) in [4.78, 5) is 31.9. The number of hydrogen-bond donors (Lipinski definition) is 1. The number of rotatable bonds is 7. The Labute approximate surface area is 249 Å². The van der Waals surface area contributed by atoms with Gasteiger partial charge < -0.3 is 14.5 Å². The van der Waals surface area contributed by atoms with E-state index in [9.17, 15) is 26.8 Å². The van der Waals surface area contributed by atoms with E-state index in [1.807, 2.05) is 65.6 Å². The van der Waals surface area contributed by atoms with Crippen molar-refractivity contribution in [3.8, 4) is 5.75 Å². The van der Waals surface area contributed by atoms with Crippen molar-refractivity contribution in [3.63, 3.8) is 0 Å². The summed E-state index contributed by atoms with van der Waals surface area (Å²) in [7, 11) is -3.91. The molecule has 2 atom stereocenters. The zero-order valence-electron chi connectivity index (χ0n) is 23.7. The van der Waals surface area contributed by atoms with E-state index >= 15 is 0 Å². The topological polar surface area (TPSA) is 96.0 Å². The normalized spacial score (nSPS) is 22.1. The summed E-state index contributed by atoms with van der Waals surface area (Å²) in [6.45, 7) is 2.33. The molecule has 1 aliphatic carbocycles. The van der Waals surface area contributed by atoms with Crippen LogP contribution in [0.15, 0.2) is 72.8 Å². The number of fused-ring (bicyclic) bond motifs is 1. The summed E-state index contributed by atoms with van der Waals surface area (Å²) in [5.41, 5.74) is 0.215. The second kappa shape index (κ2) is 11.3. The SMILES string of the molecule is C[C@@]1(C(=O)NS(=O)(=O)C2CC2)CC(N2CCCOc3cc(F)c(F)cc32)CN1C(=O)C(c1ccccc1)c1ccccc1. The fourth-order valence-electron chi connectivity index (χ4n) is 6.20. The summed E-state index contributed by atoms with van der Waals surface area (Å²) >= 11 is 0. The average Bonchev–Trinajstić information content (AvgIpc) is 3.81. The number of amides is 2. The molecule has 1 unspecified atom stereocenters. The fourth-order valence-corrected chi connectivity index (χ4v) is 7.60. The van der Waals surface area contributed by atoms with Crippen LogP contribution in [0.5, 0.6) is 5.75 Å². The summed E-state index contributed by atoms with van der Waals surface area (Å²) in [5, 5.41) is -0.629. The number of carbonyl (C=O) groups is 2. The Morgan fingerprint density at radius 2 is 1.58 bits per heavy atom. The van der Waals surface area contributed by atoms with Gasteiger partial charge in [-0.2, -0.15) is 0 Å². The number of nitrogens with zero attached hydrogens (tertiary/aromatic N) is 2. The van der Waals surface area contributed by atoms with Gasteiger partial charge in [0.15, 0.2) is 11.6 Å². The maximum absolute atomic E-state index is 14.7. The standard InChI is InChI=1S/C32H33F2N3O5S/c1-32(31(39)35-43(40,41)24-13-14-24)19-23(36-15-8-16-42-28-18-26(34)25(33)17-27(28)36)20-37(32)30(38)29(21-9-4-2-5-10-21)22-11-6-3-7-12-22/h2-7,9-12,17-18,23-24,29H,8,13-16,19-20H2,1H3,(H,35,39)/t23?,32-/m0/s1. The van der Waals surface area contributed by atoms with Crippen LogP contribution in [0.1, 0.15) is 49.7 Å². The van der Waals surface area contributed by atoms with Crippen LogP contribution in [0, 0.1) is 11.6 Å². The molecule has 3 aromatic carbocycles. The Kier molecular flexibility index (Phi) is 7.62. The highest BCUT2D eigenvalue weighted by atomic mass is 32.2. The summed E-state index contributed by atoms with van der Waals surface area (Å²) < 4.78 is 62.4. The second-order valence-electron chi connectivity index (χ2n) is 11.6. The van der Waals surface area contributed by atoms with Gasteiger partial charge in [0.2, 0.25) is 15.9 Å². The van der Waals surface area contributed by atoms with Crippen molar-refractivity contribution < 1.29 is 31.5 Å². The highest BCUT2D eigenvalue weighted by Gasteiger charge is 2.54. The van der Waals surface area contributed by atoms with Gasteiger partial charge in [-0.3, -0.25) is 14.3 Å². The molecular weight excluding hydrogens is 576 g/mol. The van der Waals surface area contributed by atoms with Gasteiger partial charge in [0.1, 0.15) is 11.3 Å². The van der Waals surface area contributed by atoms with Gasteiger partial charge in [0, 0.05) is 37.7 Å². The molecule has 226 valence electrons. The molecule has 3 aliphatic rings. The average molecular weight is 610 g/mol. The Hall–Kier alpha value is -3.99. The van der Waals surface area contributed by atoms with Gasteiger partial charge in [-0.25, -0.2) is 17.2 Å². The quantitative estimate of drug-likeness (QED) is 0.428. The van der Waals surface area contributed by atoms with E-state index in [0.717, 1.165) is 23.3 Å². The first-order valence-electron chi connectivity index (χ1n) is 14.4. The summed E-state index contributed by atoms with van der Waals surface area (Å²) in [6, 6.07) is 20.0. The second-order valence-corrected chi connectivity index (χ2v) is 13.6. The first kappa shape index (κ1) is 29.1. The Bertz CT molecular complexity index is 1600. The molecule has 6 rings (SSSR count). The molecule has 3 aromatic rings. The van der Waals surface area contributed by atoms with Crippen LogP contribution < -0.4 is 14.4 Å². The van der Waals surface area contributed by atoms with Crippen molar-refractivity contribution in [3.05, 3.63) is 95.6 Å². The Balaban J connectivity index is 1.42. The fraction of sp³-hybridized carbons (Fsp3) is 0.375. The smallest absolute Gasteiger partial charge is 0.259 e. The third-order valence-electron chi connectivity index (χ3n) is 8.64. The number of anilines is 1. The van der Waals surface area contributed by atoms with Crippen molar-refractivity contribution in [2.75, 3.05) is 24.6 Å². The lowest BCUT2D eigenvalue weighted by Gasteiger charge is -2.36. The Morgan fingerprint density at radius 3 is 2.19 bits per heavy atom. The predicted octanol–water partition coefficient (Wildman–Crippen LogP) is 4.35. The van der Waals surface area contributed by atoms with Crippen LogP contribution in [-0.2, 0) is 19.6 Å². The van der Waals surface area contributed by atoms with E-state index in [0.29, 0.717) is 31.5 Å². The van der Waals surface area contributed by atoms with Crippen molar-refractivity contribution in [2.24, 2.45) is 0 Å². The zero-order chi connectivity index (χ0) is 30.4. The molecule has 1 N–H and O–H groups in total. The van der Waals surface area contributed by atoms with Gasteiger partial charge >= 0.3 is 0 Å². The molecule has 1 saturated heterocycles. The first-order chi connectivity index (χ1) is 20.6. The summed E-state index contributed by atoms with van der Waals surface area (Å²) in [5.74, 6) is -3.81. The maximum Gasteiger partial charge on any atom is 0.259 e. The number of hydrogen-bond acceptors (Lipinski definition) is 6. The summed E-state index contributed by atoms with van der Waals surface area (Å²) in [6.07, 6.45) is 1.56. The van der Waals surface area contributed by atoms with E-state index in [-0.39, 0.29) is 31.2 Å². The molecule has 0 aromatic heterocycles. The minimum absolute atomic E-state index is 0.0564. The molecule has 2 fully saturated rings. The molecule has 2 amide bonds. The van der Waals surface area contributed by atoms with Crippen LogP contribution in [0.25, 0.3) is 0 Å². The van der Waals surface area contributed by atoms with E-state index < -0.39 is 50.3 Å². The number of sulfonamides is 1. The van der Waals surface area contributed by atoms with Gasteiger partial charge in [-0.05, 0) is 37.3 Å². The molecule has 43 heavy (non-hydrogen) atoms. The molecule has 2 heterocycles. The number of halogens is 2. The van der Waals surface area contributed by atoms with Crippen molar-refractivity contribution >= 4 is 27.5 Å². The van der Waals surface area contributed by atoms with Crippen LogP contribution in [0.2, 0.25) is 0 Å². The van der Waals surface area contributed by atoms with E-state index in [1.54, 1.807) is 6.92 Å². The molecule has 0 bridgehead atoms. The lowest BCUT2D eigenvalue weighted by atomic mass is 9.88. The van der Waals surface area contributed by atoms with E-state index in [4.69, 9.17) is 4.74 Å². The zero-order valence-corrected chi connectivity index (χ0v) is 24.5. The monoisotopic (exact) mass is 609 g/mol. The largest absolute Gasteiger partial charge is 0.491 e. The van der Waals surface area contributed by atoms with Crippen molar-refractivity contribution in [1.29, 1.82) is 0 Å². The minimum atomic E-state index is -3.91. The first-order valence-corrected chi connectivity index (χ1v) is 16.0. The van der Waals surface area contributed by atoms with Crippen LogP contribution in [0.4, 0.5) is 14.5 Å². The van der Waals surface area contributed by atoms with Gasteiger partial charge in [-0.1, -0.05) is 60.7 Å². The van der Waals surface area contributed by atoms with Crippen LogP contribution >= 0.6 is 0 Å². The number of nitrogens with one attached hydrogen (secondary N) is 1. The number of ether oxygens (including phenoxy) is 1. The third kappa shape index (κ3) is 5.58. The predicted molar refractivity (Wildman–Crippen MR) is 157 cm³/mol. The number of benzene rings is 3. The molecule has 0 spiro atoms. The van der Waals surface area contributed by atoms with Gasteiger partial charge in [-0.15, -0.1) is 0 Å². The third-order valence-corrected chi connectivity index (χ3v) is 10.5. The molecule has 8 nitrogen and oxygen atoms in total. The van der Waals surface area contributed by atoms with Crippen molar-refractivity contribution in [1.82, 2.24) is 9.62 Å². The highest BCUT2D eigenvalue weighted by Crippen LogP contribution is 2.42. The number of carbonyl (C=O) groups excluding carboxylic acids is 2. The van der Waals surface area contributed by atoms with E-state index in [1.165, 1.54) is 4.90 Å². The van der Waals surface area contributed by atoms with Crippen LogP contribution in [-0.4, -0.2) is 61.7 Å². The molecule has 11 heteroatoms. The highest BCUT2D eigenvalue weighted by molar-refractivity contribution is 7.90. The van der Waals surface area contributed by atoms with Crippen LogP contribution in [0.3, 0.4) is 0 Å². The molecular formula is C32H33F2N3O5S. The maximum atomic E-state index is 14.7. The van der Waals surface area contributed by atoms with E-state index in [2.05, 4.69) is 4.72 Å². The molecule has 0 radical (unpaired) electrons. The lowest BCUT2D eigenvalue weighted by molar-refractivity contribution is -0.143. The molecule has 1 saturated carbocycles. The molecule has 2 aliphatic heterocycles. The van der Waals surface area contributed by atoms with Gasteiger partial charge in [0.25, 0.3) is 5.91 Å². The lowest BCUT2D eigenvalue weighted by Crippen LogP contribution is -2.57. The minimum Gasteiger partial charge on any atom is -0.491 e.